The molecule has 1 aliphatic heterocycles. The van der Waals surface area contributed by atoms with E-state index in [1.807, 2.05) is 6.92 Å². The van der Waals surface area contributed by atoms with Crippen LogP contribution in [0.25, 0.3) is 0 Å². The number of carbonyl (C=O) groups excluding carboxylic acids is 1. The Morgan fingerprint density at radius 3 is 2.79 bits per heavy atom. The van der Waals surface area contributed by atoms with Gasteiger partial charge >= 0.3 is 0 Å². The minimum Gasteiger partial charge on any atom is -0.490 e. The molecule has 1 heterocycles. The molecule has 19 heavy (non-hydrogen) atoms. The van der Waals surface area contributed by atoms with Gasteiger partial charge in [-0.3, -0.25) is 4.79 Å². The van der Waals surface area contributed by atoms with Gasteiger partial charge in [0.25, 0.3) is 5.91 Å². The number of hydrogen-bond donors (Lipinski definition) is 2. The van der Waals surface area contributed by atoms with Gasteiger partial charge in [-0.2, -0.15) is 0 Å². The molecule has 1 aromatic carbocycles. The van der Waals surface area contributed by atoms with E-state index in [0.717, 1.165) is 6.42 Å². The maximum Gasteiger partial charge on any atom is 0.251 e. The molecule has 0 aromatic heterocycles. The van der Waals surface area contributed by atoms with E-state index < -0.39 is 0 Å². The van der Waals surface area contributed by atoms with Crippen molar-refractivity contribution < 1.29 is 19.4 Å². The Labute approximate surface area is 112 Å². The van der Waals surface area contributed by atoms with Gasteiger partial charge in [0.15, 0.2) is 11.5 Å². The molecule has 2 N–H and O–H groups in total. The van der Waals surface area contributed by atoms with Gasteiger partial charge in [-0.25, -0.2) is 0 Å². The second-order valence-corrected chi connectivity index (χ2v) is 4.47. The predicted molar refractivity (Wildman–Crippen MR) is 70.7 cm³/mol. The van der Waals surface area contributed by atoms with E-state index in [-0.39, 0.29) is 18.6 Å². The van der Waals surface area contributed by atoms with E-state index in [4.69, 9.17) is 14.6 Å². The zero-order valence-corrected chi connectivity index (χ0v) is 11.0. The van der Waals surface area contributed by atoms with Crippen molar-refractivity contribution in [1.82, 2.24) is 5.32 Å². The molecule has 0 bridgehead atoms. The van der Waals surface area contributed by atoms with Crippen molar-refractivity contribution in [1.29, 1.82) is 0 Å². The van der Waals surface area contributed by atoms with Gasteiger partial charge in [-0.05, 0) is 24.6 Å². The Morgan fingerprint density at radius 1 is 1.37 bits per heavy atom. The molecule has 0 aliphatic carbocycles. The van der Waals surface area contributed by atoms with E-state index >= 15 is 0 Å². The minimum atomic E-state index is -0.219. The zero-order valence-electron chi connectivity index (χ0n) is 11.0. The number of aliphatic hydroxyl groups is 1. The highest BCUT2D eigenvalue weighted by molar-refractivity contribution is 5.95. The standard InChI is InChI=1S/C14H19NO4/c1-2-11(9-16)15-14(17)10-4-5-12-13(8-10)19-7-3-6-18-12/h4-5,8,11,16H,2-3,6-7,9H2,1H3,(H,15,17)/t11-/m1/s1. The lowest BCUT2D eigenvalue weighted by Crippen LogP contribution is -2.36. The summed E-state index contributed by atoms with van der Waals surface area (Å²) in [6, 6.07) is 4.91. The summed E-state index contributed by atoms with van der Waals surface area (Å²) >= 11 is 0. The van der Waals surface area contributed by atoms with Gasteiger partial charge in [0.05, 0.1) is 25.9 Å². The fourth-order valence-corrected chi connectivity index (χ4v) is 1.85. The van der Waals surface area contributed by atoms with Crippen LogP contribution in [0.1, 0.15) is 30.1 Å². The Kier molecular flexibility index (Phi) is 4.63. The summed E-state index contributed by atoms with van der Waals surface area (Å²) < 4.78 is 11.1. The van der Waals surface area contributed by atoms with Gasteiger partial charge in [0, 0.05) is 12.0 Å². The summed E-state index contributed by atoms with van der Waals surface area (Å²) in [4.78, 5) is 12.0. The van der Waals surface area contributed by atoms with Crippen LogP contribution < -0.4 is 14.8 Å². The van der Waals surface area contributed by atoms with Crippen molar-refractivity contribution >= 4 is 5.91 Å². The van der Waals surface area contributed by atoms with Gasteiger partial charge in [-0.1, -0.05) is 6.92 Å². The van der Waals surface area contributed by atoms with Crippen molar-refractivity contribution in [3.8, 4) is 11.5 Å². The topological polar surface area (TPSA) is 67.8 Å². The summed E-state index contributed by atoms with van der Waals surface area (Å²) in [5.74, 6) is 1.06. The Balaban J connectivity index is 2.12. The summed E-state index contributed by atoms with van der Waals surface area (Å²) in [5.41, 5.74) is 0.510. The van der Waals surface area contributed by atoms with Crippen LogP contribution in [-0.4, -0.2) is 36.9 Å². The van der Waals surface area contributed by atoms with E-state index in [0.29, 0.717) is 36.7 Å². The summed E-state index contributed by atoms with van der Waals surface area (Å²) in [6.45, 7) is 3.06. The fraction of sp³-hybridized carbons (Fsp3) is 0.500. The van der Waals surface area contributed by atoms with Crippen LogP contribution in [0.4, 0.5) is 0 Å². The SMILES string of the molecule is CC[C@H](CO)NC(=O)c1ccc2c(c1)OCCCO2. The number of carbonyl (C=O) groups is 1. The van der Waals surface area contributed by atoms with Crippen molar-refractivity contribution in [2.45, 2.75) is 25.8 Å². The quantitative estimate of drug-likeness (QED) is 0.862. The number of nitrogens with one attached hydrogen (secondary N) is 1. The highest BCUT2D eigenvalue weighted by Gasteiger charge is 2.15. The first-order chi connectivity index (χ1) is 9.24. The molecule has 0 radical (unpaired) electrons. The number of fused-ring (bicyclic) bond motifs is 1. The maximum absolute atomic E-state index is 12.0. The second-order valence-electron chi connectivity index (χ2n) is 4.47. The first-order valence-corrected chi connectivity index (χ1v) is 6.56. The number of ether oxygens (including phenoxy) is 2. The Hall–Kier alpha value is -1.75. The summed E-state index contributed by atoms with van der Waals surface area (Å²) in [5, 5.41) is 11.9. The zero-order chi connectivity index (χ0) is 13.7. The van der Waals surface area contributed by atoms with Crippen LogP contribution in [0.5, 0.6) is 11.5 Å². The Bertz CT molecular complexity index is 443. The smallest absolute Gasteiger partial charge is 0.251 e. The first kappa shape index (κ1) is 13.7. The Morgan fingerprint density at radius 2 is 2.11 bits per heavy atom. The first-order valence-electron chi connectivity index (χ1n) is 6.56. The third kappa shape index (κ3) is 3.38. The third-order valence-electron chi connectivity index (χ3n) is 3.06. The van der Waals surface area contributed by atoms with Crippen LogP contribution in [0.15, 0.2) is 18.2 Å². The van der Waals surface area contributed by atoms with Crippen LogP contribution in [-0.2, 0) is 0 Å². The van der Waals surface area contributed by atoms with Gasteiger partial charge in [0.2, 0.25) is 0 Å². The van der Waals surface area contributed by atoms with Crippen LogP contribution in [0, 0.1) is 0 Å². The average molecular weight is 265 g/mol. The molecule has 1 aliphatic rings. The molecule has 104 valence electrons. The van der Waals surface area contributed by atoms with Crippen LogP contribution >= 0.6 is 0 Å². The molecule has 1 amide bonds. The van der Waals surface area contributed by atoms with Crippen molar-refractivity contribution in [2.75, 3.05) is 19.8 Å². The van der Waals surface area contributed by atoms with Crippen molar-refractivity contribution in [2.24, 2.45) is 0 Å². The molecule has 2 rings (SSSR count). The largest absolute Gasteiger partial charge is 0.490 e. The monoisotopic (exact) mass is 265 g/mol. The molecular formula is C14H19NO4. The molecule has 0 fully saturated rings. The molecular weight excluding hydrogens is 246 g/mol. The molecule has 1 aromatic rings. The number of aliphatic hydroxyl groups excluding tert-OH is 1. The summed E-state index contributed by atoms with van der Waals surface area (Å²) in [6.07, 6.45) is 1.52. The van der Waals surface area contributed by atoms with E-state index in [2.05, 4.69) is 5.32 Å². The predicted octanol–water partition coefficient (Wildman–Crippen LogP) is 1.35. The van der Waals surface area contributed by atoms with Crippen molar-refractivity contribution in [3.05, 3.63) is 23.8 Å². The molecule has 0 saturated carbocycles. The highest BCUT2D eigenvalue weighted by atomic mass is 16.5. The number of benzene rings is 1. The second kappa shape index (κ2) is 6.43. The lowest BCUT2D eigenvalue weighted by atomic mass is 10.1. The fourth-order valence-electron chi connectivity index (χ4n) is 1.85. The number of amides is 1. The van der Waals surface area contributed by atoms with Gasteiger partial charge in [-0.15, -0.1) is 0 Å². The van der Waals surface area contributed by atoms with Gasteiger partial charge in [0.1, 0.15) is 0 Å². The van der Waals surface area contributed by atoms with E-state index in [1.165, 1.54) is 0 Å². The highest BCUT2D eigenvalue weighted by Crippen LogP contribution is 2.30. The van der Waals surface area contributed by atoms with Crippen LogP contribution in [0.3, 0.4) is 0 Å². The molecule has 0 spiro atoms. The number of hydrogen-bond acceptors (Lipinski definition) is 4. The average Bonchev–Trinajstić information content (AvgIpc) is 2.68. The summed E-state index contributed by atoms with van der Waals surface area (Å²) in [7, 11) is 0. The number of rotatable bonds is 4. The molecule has 5 nitrogen and oxygen atoms in total. The van der Waals surface area contributed by atoms with Crippen LogP contribution in [0.2, 0.25) is 0 Å². The molecule has 0 saturated heterocycles. The van der Waals surface area contributed by atoms with Crippen molar-refractivity contribution in [3.63, 3.8) is 0 Å². The lowest BCUT2D eigenvalue weighted by molar-refractivity contribution is 0.0914. The third-order valence-corrected chi connectivity index (χ3v) is 3.06. The normalized spacial score (nSPS) is 15.5. The lowest BCUT2D eigenvalue weighted by Gasteiger charge is -2.15. The van der Waals surface area contributed by atoms with E-state index in [1.54, 1.807) is 18.2 Å². The minimum absolute atomic E-state index is 0.0627. The maximum atomic E-state index is 12.0. The molecule has 0 unspecified atom stereocenters. The molecule has 1 atom stereocenters. The van der Waals surface area contributed by atoms with Gasteiger partial charge < -0.3 is 19.9 Å². The van der Waals surface area contributed by atoms with E-state index in [9.17, 15) is 4.79 Å². The molecule has 5 heteroatoms.